The molecule has 1 rings (SSSR count). The van der Waals surface area contributed by atoms with Gasteiger partial charge in [-0.3, -0.25) is 4.68 Å². The predicted molar refractivity (Wildman–Crippen MR) is 39.7 cm³/mol. The number of aromatic nitrogens is 2. The first-order valence-electron chi connectivity index (χ1n) is 3.43. The second kappa shape index (κ2) is 2.92. The quantitative estimate of drug-likeness (QED) is 0.727. The zero-order valence-corrected chi connectivity index (χ0v) is 6.78. The number of alkyl halides is 1. The van der Waals surface area contributed by atoms with Gasteiger partial charge in [0.1, 0.15) is 11.7 Å². The third-order valence-corrected chi connectivity index (χ3v) is 1.59. The van der Waals surface area contributed by atoms with Crippen LogP contribution in [-0.2, 0) is 7.05 Å². The van der Waals surface area contributed by atoms with Crippen molar-refractivity contribution in [3.05, 3.63) is 17.5 Å². The Bertz CT molecular complexity index is 306. The SMILES string of the molecule is CC(F)c1c(C(=O)O)cnn1C. The first-order valence-corrected chi connectivity index (χ1v) is 3.43. The minimum absolute atomic E-state index is 0.0764. The lowest BCUT2D eigenvalue weighted by Gasteiger charge is -2.03. The Morgan fingerprint density at radius 3 is 2.75 bits per heavy atom. The lowest BCUT2D eigenvalue weighted by molar-refractivity contribution is 0.0693. The molecule has 12 heavy (non-hydrogen) atoms. The molecule has 0 saturated carbocycles. The molecule has 0 aromatic carbocycles. The van der Waals surface area contributed by atoms with E-state index >= 15 is 0 Å². The van der Waals surface area contributed by atoms with E-state index < -0.39 is 12.1 Å². The van der Waals surface area contributed by atoms with Crippen molar-refractivity contribution in [1.82, 2.24) is 9.78 Å². The fourth-order valence-electron chi connectivity index (χ4n) is 1.08. The van der Waals surface area contributed by atoms with Crippen LogP contribution in [0.2, 0.25) is 0 Å². The number of carboxylic acid groups (broad SMARTS) is 1. The maximum atomic E-state index is 12.8. The molecule has 1 N–H and O–H groups in total. The van der Waals surface area contributed by atoms with Crippen molar-refractivity contribution in [3.63, 3.8) is 0 Å². The van der Waals surface area contributed by atoms with E-state index in [1.54, 1.807) is 0 Å². The number of aryl methyl sites for hydroxylation is 1. The van der Waals surface area contributed by atoms with Gasteiger partial charge in [0.05, 0.1) is 11.9 Å². The molecule has 4 nitrogen and oxygen atoms in total. The highest BCUT2D eigenvalue weighted by molar-refractivity contribution is 5.88. The van der Waals surface area contributed by atoms with Gasteiger partial charge in [-0.15, -0.1) is 0 Å². The van der Waals surface area contributed by atoms with Crippen molar-refractivity contribution in [2.45, 2.75) is 13.1 Å². The fraction of sp³-hybridized carbons (Fsp3) is 0.429. The van der Waals surface area contributed by atoms with E-state index in [-0.39, 0.29) is 11.3 Å². The van der Waals surface area contributed by atoms with Gasteiger partial charge in [-0.1, -0.05) is 0 Å². The Labute approximate surface area is 68.6 Å². The summed E-state index contributed by atoms with van der Waals surface area (Å²) in [5.41, 5.74) is 0.0231. The molecule has 0 aliphatic heterocycles. The molecule has 1 aromatic heterocycles. The van der Waals surface area contributed by atoms with Crippen molar-refractivity contribution in [3.8, 4) is 0 Å². The van der Waals surface area contributed by atoms with Gasteiger partial charge >= 0.3 is 5.97 Å². The molecule has 1 heterocycles. The topological polar surface area (TPSA) is 55.1 Å². The lowest BCUT2D eigenvalue weighted by Crippen LogP contribution is -2.05. The maximum Gasteiger partial charge on any atom is 0.339 e. The summed E-state index contributed by atoms with van der Waals surface area (Å²) in [6, 6.07) is 0. The van der Waals surface area contributed by atoms with E-state index in [0.717, 1.165) is 6.20 Å². The highest BCUT2D eigenvalue weighted by atomic mass is 19.1. The Morgan fingerprint density at radius 2 is 2.42 bits per heavy atom. The molecule has 1 aromatic rings. The Hall–Kier alpha value is -1.39. The van der Waals surface area contributed by atoms with Gasteiger partial charge in [-0.25, -0.2) is 9.18 Å². The summed E-state index contributed by atoms with van der Waals surface area (Å²) < 4.78 is 14.1. The minimum Gasteiger partial charge on any atom is -0.478 e. The van der Waals surface area contributed by atoms with Crippen LogP contribution in [0.4, 0.5) is 4.39 Å². The Kier molecular flexibility index (Phi) is 2.12. The van der Waals surface area contributed by atoms with E-state index in [0.29, 0.717) is 0 Å². The summed E-state index contributed by atoms with van der Waals surface area (Å²) in [6.07, 6.45) is -0.170. The third kappa shape index (κ3) is 1.30. The summed E-state index contributed by atoms with van der Waals surface area (Å²) >= 11 is 0. The summed E-state index contributed by atoms with van der Waals surface area (Å²) in [5, 5.41) is 12.3. The van der Waals surface area contributed by atoms with Gasteiger partial charge in [-0.05, 0) is 6.92 Å². The van der Waals surface area contributed by atoms with Crippen molar-refractivity contribution in [1.29, 1.82) is 0 Å². The van der Waals surface area contributed by atoms with Crippen molar-refractivity contribution >= 4 is 5.97 Å². The van der Waals surface area contributed by atoms with E-state index in [4.69, 9.17) is 5.11 Å². The van der Waals surface area contributed by atoms with Crippen molar-refractivity contribution < 1.29 is 14.3 Å². The molecular formula is C7H9FN2O2. The third-order valence-electron chi connectivity index (χ3n) is 1.59. The van der Waals surface area contributed by atoms with E-state index in [9.17, 15) is 9.18 Å². The van der Waals surface area contributed by atoms with Crippen LogP contribution < -0.4 is 0 Å². The van der Waals surface area contributed by atoms with Gasteiger partial charge in [0.25, 0.3) is 0 Å². The Morgan fingerprint density at radius 1 is 1.83 bits per heavy atom. The molecule has 0 saturated heterocycles. The average molecular weight is 172 g/mol. The van der Waals surface area contributed by atoms with Crippen molar-refractivity contribution in [2.75, 3.05) is 0 Å². The number of hydrogen-bond acceptors (Lipinski definition) is 2. The smallest absolute Gasteiger partial charge is 0.339 e. The molecule has 0 radical (unpaired) electrons. The first kappa shape index (κ1) is 8.70. The molecule has 66 valence electrons. The van der Waals surface area contributed by atoms with Crippen LogP contribution >= 0.6 is 0 Å². The van der Waals surface area contributed by atoms with Gasteiger partial charge < -0.3 is 5.11 Å². The number of carbonyl (C=O) groups is 1. The second-order valence-corrected chi connectivity index (χ2v) is 2.49. The van der Waals surface area contributed by atoms with Crippen LogP contribution in [0, 0.1) is 0 Å². The molecule has 0 aliphatic carbocycles. The van der Waals surface area contributed by atoms with Gasteiger partial charge in [0.15, 0.2) is 0 Å². The predicted octanol–water partition coefficient (Wildman–Crippen LogP) is 1.15. The summed E-state index contributed by atoms with van der Waals surface area (Å²) in [7, 11) is 1.51. The molecule has 0 bridgehead atoms. The van der Waals surface area contributed by atoms with Crippen LogP contribution in [0.3, 0.4) is 0 Å². The normalized spacial score (nSPS) is 12.9. The molecule has 1 atom stereocenters. The van der Waals surface area contributed by atoms with Crippen LogP contribution in [0.5, 0.6) is 0 Å². The van der Waals surface area contributed by atoms with Crippen LogP contribution in [0.1, 0.15) is 29.1 Å². The van der Waals surface area contributed by atoms with Gasteiger partial charge in [0.2, 0.25) is 0 Å². The molecule has 5 heteroatoms. The summed E-state index contributed by atoms with van der Waals surface area (Å²) in [6.45, 7) is 1.28. The molecule has 0 aliphatic rings. The molecule has 0 amide bonds. The zero-order chi connectivity index (χ0) is 9.30. The van der Waals surface area contributed by atoms with E-state index in [1.807, 2.05) is 0 Å². The van der Waals surface area contributed by atoms with Crippen LogP contribution in [-0.4, -0.2) is 20.9 Å². The Balaban J connectivity index is 3.21. The largest absolute Gasteiger partial charge is 0.478 e. The van der Waals surface area contributed by atoms with E-state index in [2.05, 4.69) is 5.10 Å². The number of rotatable bonds is 2. The van der Waals surface area contributed by atoms with Crippen LogP contribution in [0.25, 0.3) is 0 Å². The fourth-order valence-corrected chi connectivity index (χ4v) is 1.08. The monoisotopic (exact) mass is 172 g/mol. The molecule has 1 unspecified atom stereocenters. The standard InChI is InChI=1S/C7H9FN2O2/c1-4(8)6-5(7(11)12)3-9-10(6)2/h3-4H,1-2H3,(H,11,12). The highest BCUT2D eigenvalue weighted by Crippen LogP contribution is 2.19. The van der Waals surface area contributed by atoms with Gasteiger partial charge in [0, 0.05) is 7.05 Å². The van der Waals surface area contributed by atoms with Gasteiger partial charge in [-0.2, -0.15) is 5.10 Å². The maximum absolute atomic E-state index is 12.8. The summed E-state index contributed by atoms with van der Waals surface area (Å²) in [4.78, 5) is 10.5. The van der Waals surface area contributed by atoms with Crippen molar-refractivity contribution in [2.24, 2.45) is 7.05 Å². The van der Waals surface area contributed by atoms with Crippen LogP contribution in [0.15, 0.2) is 6.20 Å². The number of carboxylic acids is 1. The molecule has 0 fully saturated rings. The average Bonchev–Trinajstić information content (AvgIpc) is 2.30. The summed E-state index contributed by atoms with van der Waals surface area (Å²) in [5.74, 6) is -1.15. The first-order chi connectivity index (χ1) is 5.54. The molecular weight excluding hydrogens is 163 g/mol. The second-order valence-electron chi connectivity index (χ2n) is 2.49. The highest BCUT2D eigenvalue weighted by Gasteiger charge is 2.19. The zero-order valence-electron chi connectivity index (χ0n) is 6.78. The number of halogens is 1. The number of aromatic carboxylic acids is 1. The lowest BCUT2D eigenvalue weighted by atomic mass is 10.2. The number of nitrogens with zero attached hydrogens (tertiary/aromatic N) is 2. The minimum atomic E-state index is -1.32. The number of hydrogen-bond donors (Lipinski definition) is 1. The van der Waals surface area contributed by atoms with E-state index in [1.165, 1.54) is 18.7 Å². The molecule has 0 spiro atoms.